The largest absolute Gasteiger partial charge is 0.284 e. The number of pyridine rings is 1. The topological polar surface area (TPSA) is 48.7 Å². The van der Waals surface area contributed by atoms with E-state index in [0.717, 1.165) is 10.6 Å². The molecule has 1 N–H and O–H groups in total. The van der Waals surface area contributed by atoms with Crippen molar-refractivity contribution in [3.8, 4) is 0 Å². The highest BCUT2D eigenvalue weighted by molar-refractivity contribution is 5.75. The van der Waals surface area contributed by atoms with Gasteiger partial charge in [-0.3, -0.25) is 5.21 Å². The van der Waals surface area contributed by atoms with Crippen LogP contribution in [0.25, 0.3) is 0 Å². The zero-order valence-corrected chi connectivity index (χ0v) is 9.49. The summed E-state index contributed by atoms with van der Waals surface area (Å²) in [4.78, 5) is 8.29. The summed E-state index contributed by atoms with van der Waals surface area (Å²) in [7, 11) is 0. The van der Waals surface area contributed by atoms with E-state index >= 15 is 0 Å². The first-order valence-corrected chi connectivity index (χ1v) is 5.26. The Morgan fingerprint density at radius 1 is 1.41 bits per heavy atom. The summed E-state index contributed by atoms with van der Waals surface area (Å²) in [6, 6.07) is 3.81. The molecule has 1 aliphatic rings. The van der Waals surface area contributed by atoms with Gasteiger partial charge in [0.25, 0.3) is 0 Å². The van der Waals surface area contributed by atoms with Crippen molar-refractivity contribution in [2.24, 2.45) is 4.99 Å². The van der Waals surface area contributed by atoms with Crippen LogP contribution in [-0.2, 0) is 0 Å². The lowest BCUT2D eigenvalue weighted by Gasteiger charge is -2.14. The van der Waals surface area contributed by atoms with Crippen molar-refractivity contribution in [2.45, 2.75) is 6.92 Å². The highest BCUT2D eigenvalue weighted by atomic mass is 16.5. The third-order valence-electron chi connectivity index (χ3n) is 2.22. The molecule has 4 nitrogen and oxygen atoms in total. The zero-order chi connectivity index (χ0) is 12.1. The molecule has 0 saturated carbocycles. The molecule has 0 unspecified atom stereocenters. The van der Waals surface area contributed by atoms with Crippen LogP contribution in [0.2, 0.25) is 0 Å². The first-order chi connectivity index (χ1) is 8.25. The number of hydrogen-bond donors (Lipinski definition) is 1. The van der Waals surface area contributed by atoms with E-state index in [1.165, 1.54) is 0 Å². The number of hydroxylamine groups is 2. The van der Waals surface area contributed by atoms with E-state index in [2.05, 4.69) is 9.98 Å². The zero-order valence-electron chi connectivity index (χ0n) is 9.49. The molecule has 0 atom stereocenters. The third-order valence-corrected chi connectivity index (χ3v) is 2.22. The van der Waals surface area contributed by atoms with E-state index in [4.69, 9.17) is 0 Å². The normalized spacial score (nSPS) is 17.3. The van der Waals surface area contributed by atoms with Crippen molar-refractivity contribution < 1.29 is 5.21 Å². The van der Waals surface area contributed by atoms with Crippen molar-refractivity contribution in [3.63, 3.8) is 0 Å². The van der Waals surface area contributed by atoms with E-state index in [1.807, 2.05) is 25.1 Å². The highest BCUT2D eigenvalue weighted by Crippen LogP contribution is 2.10. The van der Waals surface area contributed by atoms with Crippen molar-refractivity contribution in [1.82, 2.24) is 10.0 Å². The Morgan fingerprint density at radius 3 is 3.06 bits per heavy atom. The summed E-state index contributed by atoms with van der Waals surface area (Å²) >= 11 is 0. The number of aromatic nitrogens is 1. The summed E-state index contributed by atoms with van der Waals surface area (Å²) < 4.78 is 0. The SMILES string of the molecule is Cc1ccnc(N=CC=C2C=CC=CN2O)c1. The Hall–Kier alpha value is -2.20. The van der Waals surface area contributed by atoms with Gasteiger partial charge >= 0.3 is 0 Å². The quantitative estimate of drug-likeness (QED) is 0.790. The number of allylic oxidation sites excluding steroid dienone is 4. The molecule has 0 aromatic carbocycles. The average Bonchev–Trinajstić information content (AvgIpc) is 2.32. The van der Waals surface area contributed by atoms with E-state index in [1.54, 1.807) is 36.8 Å². The van der Waals surface area contributed by atoms with Gasteiger partial charge in [-0.05, 0) is 42.8 Å². The second-order valence-electron chi connectivity index (χ2n) is 3.61. The lowest BCUT2D eigenvalue weighted by Crippen LogP contribution is -2.11. The summed E-state index contributed by atoms with van der Waals surface area (Å²) in [6.45, 7) is 1.99. The molecule has 0 amide bonds. The second-order valence-corrected chi connectivity index (χ2v) is 3.61. The lowest BCUT2D eigenvalue weighted by atomic mass is 10.3. The summed E-state index contributed by atoms with van der Waals surface area (Å²) in [5.41, 5.74) is 1.77. The number of hydrogen-bond acceptors (Lipinski definition) is 4. The molecule has 86 valence electrons. The molecular weight excluding hydrogens is 214 g/mol. The molecule has 0 radical (unpaired) electrons. The Balaban J connectivity index is 2.09. The first-order valence-electron chi connectivity index (χ1n) is 5.26. The molecule has 1 aromatic rings. The summed E-state index contributed by atoms with van der Waals surface area (Å²) in [5.74, 6) is 0.654. The Morgan fingerprint density at radius 2 is 2.29 bits per heavy atom. The molecular formula is C13H13N3O. The van der Waals surface area contributed by atoms with Crippen molar-refractivity contribution in [1.29, 1.82) is 0 Å². The van der Waals surface area contributed by atoms with Crippen LogP contribution in [0.3, 0.4) is 0 Å². The van der Waals surface area contributed by atoms with E-state index < -0.39 is 0 Å². The fraction of sp³-hybridized carbons (Fsp3) is 0.0769. The maximum atomic E-state index is 9.46. The van der Waals surface area contributed by atoms with Gasteiger partial charge in [0.2, 0.25) is 0 Å². The molecule has 0 bridgehead atoms. The van der Waals surface area contributed by atoms with Crippen LogP contribution in [0.1, 0.15) is 5.56 Å². The van der Waals surface area contributed by atoms with E-state index in [0.29, 0.717) is 11.5 Å². The van der Waals surface area contributed by atoms with E-state index in [9.17, 15) is 5.21 Å². The molecule has 0 aliphatic carbocycles. The van der Waals surface area contributed by atoms with Gasteiger partial charge in [0.15, 0.2) is 5.82 Å². The van der Waals surface area contributed by atoms with Gasteiger partial charge < -0.3 is 0 Å². The Kier molecular flexibility index (Phi) is 3.47. The summed E-state index contributed by atoms with van der Waals surface area (Å²) in [6.07, 6.45) is 12.0. The first kappa shape index (κ1) is 11.3. The van der Waals surface area contributed by atoms with Gasteiger partial charge in [-0.25, -0.2) is 15.0 Å². The minimum absolute atomic E-state index is 0.654. The van der Waals surface area contributed by atoms with Gasteiger partial charge in [-0.15, -0.1) is 0 Å². The fourth-order valence-electron chi connectivity index (χ4n) is 1.36. The number of aliphatic imine (C=N–C) groups is 1. The van der Waals surface area contributed by atoms with Gasteiger partial charge in [0.05, 0.1) is 5.70 Å². The predicted octanol–water partition coefficient (Wildman–Crippen LogP) is 2.75. The maximum Gasteiger partial charge on any atom is 0.151 e. The molecule has 2 heterocycles. The number of rotatable bonds is 2. The molecule has 4 heteroatoms. The third kappa shape index (κ3) is 3.12. The highest BCUT2D eigenvalue weighted by Gasteiger charge is 2.00. The van der Waals surface area contributed by atoms with Crippen LogP contribution in [0.15, 0.2) is 59.5 Å². The van der Waals surface area contributed by atoms with E-state index in [-0.39, 0.29) is 0 Å². The van der Waals surface area contributed by atoms with Crippen molar-refractivity contribution in [2.75, 3.05) is 0 Å². The van der Waals surface area contributed by atoms with Crippen LogP contribution in [-0.4, -0.2) is 21.5 Å². The number of aryl methyl sites for hydroxylation is 1. The Labute approximate surface area is 99.9 Å². The standard InChI is InChI=1S/C13H13N3O/c1-11-5-7-14-13(10-11)15-8-6-12-4-2-3-9-16(12)17/h2-10,17H,1H3. The summed E-state index contributed by atoms with van der Waals surface area (Å²) in [5, 5.41) is 10.5. The second kappa shape index (κ2) is 5.23. The minimum Gasteiger partial charge on any atom is -0.284 e. The van der Waals surface area contributed by atoms with Crippen LogP contribution < -0.4 is 0 Å². The minimum atomic E-state index is 0.654. The van der Waals surface area contributed by atoms with Crippen molar-refractivity contribution >= 4 is 12.0 Å². The Bertz CT molecular complexity index is 515. The molecule has 0 saturated heterocycles. The van der Waals surface area contributed by atoms with Crippen LogP contribution in [0, 0.1) is 6.92 Å². The monoisotopic (exact) mass is 227 g/mol. The van der Waals surface area contributed by atoms with Gasteiger partial charge in [-0.1, -0.05) is 6.08 Å². The molecule has 0 spiro atoms. The lowest BCUT2D eigenvalue weighted by molar-refractivity contribution is -0.0000348. The van der Waals surface area contributed by atoms with Gasteiger partial charge in [0, 0.05) is 18.6 Å². The van der Waals surface area contributed by atoms with Crippen LogP contribution >= 0.6 is 0 Å². The smallest absolute Gasteiger partial charge is 0.151 e. The van der Waals surface area contributed by atoms with Crippen LogP contribution in [0.5, 0.6) is 0 Å². The number of nitrogens with zero attached hydrogens (tertiary/aromatic N) is 3. The fourth-order valence-corrected chi connectivity index (χ4v) is 1.36. The van der Waals surface area contributed by atoms with Crippen LogP contribution in [0.4, 0.5) is 5.82 Å². The average molecular weight is 227 g/mol. The molecule has 1 aliphatic heterocycles. The van der Waals surface area contributed by atoms with Crippen molar-refractivity contribution in [3.05, 3.63) is 60.1 Å². The molecule has 17 heavy (non-hydrogen) atoms. The molecule has 1 aromatic heterocycles. The maximum absolute atomic E-state index is 9.46. The van der Waals surface area contributed by atoms with Gasteiger partial charge in [-0.2, -0.15) is 0 Å². The van der Waals surface area contributed by atoms with Gasteiger partial charge in [0.1, 0.15) is 0 Å². The molecule has 2 rings (SSSR count). The predicted molar refractivity (Wildman–Crippen MR) is 67.1 cm³/mol. The molecule has 0 fully saturated rings.